The van der Waals surface area contributed by atoms with Crippen molar-refractivity contribution in [2.45, 2.75) is 38.9 Å². The largest absolute Gasteiger partial charge is 0.352 e. The number of aromatic nitrogens is 4. The predicted molar refractivity (Wildman–Crippen MR) is 142 cm³/mol. The van der Waals surface area contributed by atoms with Crippen LogP contribution in [0, 0.1) is 6.92 Å². The minimum atomic E-state index is -0.584. The van der Waals surface area contributed by atoms with Crippen molar-refractivity contribution in [1.29, 1.82) is 0 Å². The number of aryl methyl sites for hydroxylation is 2. The maximum atomic E-state index is 13.1. The molecule has 0 bridgehead atoms. The van der Waals surface area contributed by atoms with Crippen LogP contribution in [0.5, 0.6) is 0 Å². The number of nitrogens with one attached hydrogen (secondary N) is 1. The lowest BCUT2D eigenvalue weighted by Gasteiger charge is -2.32. The SMILES string of the molecule is Cc1ccc(-c2ncc3c(=O)n(CC(=O)NC4CCN(Cc5ccccc5)CC4)c(=O)n(C)c3n2)cc1. The molecule has 1 N–H and O–H groups in total. The summed E-state index contributed by atoms with van der Waals surface area (Å²) in [6.07, 6.45) is 3.06. The molecular weight excluding hydrogens is 468 g/mol. The number of hydrogen-bond donors (Lipinski definition) is 1. The van der Waals surface area contributed by atoms with Crippen molar-refractivity contribution >= 4 is 16.9 Å². The van der Waals surface area contributed by atoms with Crippen LogP contribution in [0.1, 0.15) is 24.0 Å². The molecule has 1 amide bonds. The fourth-order valence-electron chi connectivity index (χ4n) is 4.76. The zero-order valence-electron chi connectivity index (χ0n) is 21.1. The van der Waals surface area contributed by atoms with Gasteiger partial charge in [0, 0.05) is 44.5 Å². The number of carbonyl (C=O) groups excluding carboxylic acids is 1. The minimum absolute atomic E-state index is 0.0138. The highest BCUT2D eigenvalue weighted by Gasteiger charge is 2.22. The first-order valence-corrected chi connectivity index (χ1v) is 12.5. The lowest BCUT2D eigenvalue weighted by atomic mass is 10.0. The first kappa shape index (κ1) is 24.6. The molecule has 0 saturated carbocycles. The number of piperidine rings is 1. The van der Waals surface area contributed by atoms with Gasteiger partial charge in [0.1, 0.15) is 11.9 Å². The summed E-state index contributed by atoms with van der Waals surface area (Å²) in [4.78, 5) is 50.1. The Morgan fingerprint density at radius 3 is 2.43 bits per heavy atom. The lowest BCUT2D eigenvalue weighted by Crippen LogP contribution is -2.48. The van der Waals surface area contributed by atoms with Crippen LogP contribution in [-0.4, -0.2) is 49.0 Å². The Kier molecular flexibility index (Phi) is 6.96. The zero-order chi connectivity index (χ0) is 25.9. The van der Waals surface area contributed by atoms with E-state index in [1.165, 1.54) is 16.3 Å². The van der Waals surface area contributed by atoms with Gasteiger partial charge >= 0.3 is 5.69 Å². The number of hydrogen-bond acceptors (Lipinski definition) is 6. The smallest absolute Gasteiger partial charge is 0.332 e. The van der Waals surface area contributed by atoms with Gasteiger partial charge in [0.25, 0.3) is 5.56 Å². The molecule has 37 heavy (non-hydrogen) atoms. The van der Waals surface area contributed by atoms with Crippen molar-refractivity contribution < 1.29 is 4.79 Å². The van der Waals surface area contributed by atoms with Gasteiger partial charge in [0.15, 0.2) is 11.5 Å². The zero-order valence-corrected chi connectivity index (χ0v) is 21.1. The average molecular weight is 499 g/mol. The van der Waals surface area contributed by atoms with Crippen LogP contribution in [0.4, 0.5) is 0 Å². The predicted octanol–water partition coefficient (Wildman–Crippen LogP) is 2.25. The van der Waals surface area contributed by atoms with Gasteiger partial charge in [-0.2, -0.15) is 0 Å². The summed E-state index contributed by atoms with van der Waals surface area (Å²) in [5.41, 5.74) is 2.25. The molecule has 0 atom stereocenters. The van der Waals surface area contributed by atoms with E-state index in [1.807, 2.05) is 49.4 Å². The van der Waals surface area contributed by atoms with E-state index >= 15 is 0 Å². The molecule has 1 fully saturated rings. The van der Waals surface area contributed by atoms with Crippen LogP contribution >= 0.6 is 0 Å². The Labute approximate surface area is 214 Å². The summed E-state index contributed by atoms with van der Waals surface area (Å²) in [6.45, 7) is 4.28. The molecule has 5 rings (SSSR count). The Morgan fingerprint density at radius 1 is 1.03 bits per heavy atom. The highest BCUT2D eigenvalue weighted by atomic mass is 16.2. The summed E-state index contributed by atoms with van der Waals surface area (Å²) < 4.78 is 2.25. The minimum Gasteiger partial charge on any atom is -0.352 e. The topological polar surface area (TPSA) is 102 Å². The van der Waals surface area contributed by atoms with Gasteiger partial charge in [-0.05, 0) is 25.3 Å². The summed E-state index contributed by atoms with van der Waals surface area (Å²) in [5.74, 6) is 0.0771. The summed E-state index contributed by atoms with van der Waals surface area (Å²) in [6, 6.07) is 18.0. The second kappa shape index (κ2) is 10.5. The number of likely N-dealkylation sites (tertiary alicyclic amines) is 1. The fourth-order valence-corrected chi connectivity index (χ4v) is 4.76. The van der Waals surface area contributed by atoms with Crippen molar-refractivity contribution in [2.24, 2.45) is 7.05 Å². The number of rotatable bonds is 6. The highest BCUT2D eigenvalue weighted by Crippen LogP contribution is 2.17. The van der Waals surface area contributed by atoms with Gasteiger partial charge in [0.2, 0.25) is 5.91 Å². The number of carbonyl (C=O) groups is 1. The molecule has 4 aromatic rings. The van der Waals surface area contributed by atoms with Crippen LogP contribution in [-0.2, 0) is 24.9 Å². The highest BCUT2D eigenvalue weighted by molar-refractivity contribution is 5.78. The first-order chi connectivity index (χ1) is 17.9. The van der Waals surface area contributed by atoms with Crippen molar-refractivity contribution in [3.05, 3.63) is 92.8 Å². The van der Waals surface area contributed by atoms with Gasteiger partial charge in [-0.1, -0.05) is 60.2 Å². The Balaban J connectivity index is 1.27. The Hall–Kier alpha value is -4.11. The molecule has 1 saturated heterocycles. The van der Waals surface area contributed by atoms with Crippen LogP contribution in [0.3, 0.4) is 0 Å². The normalized spacial score (nSPS) is 14.6. The monoisotopic (exact) mass is 498 g/mol. The molecule has 2 aromatic heterocycles. The van der Waals surface area contributed by atoms with Gasteiger partial charge in [-0.3, -0.25) is 23.6 Å². The number of amides is 1. The summed E-state index contributed by atoms with van der Waals surface area (Å²) in [7, 11) is 1.55. The standard InChI is InChI=1S/C28H30N6O3/c1-19-8-10-21(11-9-19)25-29-16-23-26(31-25)32(2)28(37)34(27(23)36)18-24(35)30-22-12-14-33(15-13-22)17-20-6-4-3-5-7-20/h3-11,16,22H,12-15,17-18H2,1-2H3,(H,30,35). The number of benzene rings is 2. The Morgan fingerprint density at radius 2 is 1.73 bits per heavy atom. The van der Waals surface area contributed by atoms with E-state index in [1.54, 1.807) is 7.05 Å². The van der Waals surface area contributed by atoms with Gasteiger partial charge in [-0.25, -0.2) is 14.8 Å². The molecule has 0 unspecified atom stereocenters. The van der Waals surface area contributed by atoms with E-state index in [9.17, 15) is 14.4 Å². The molecule has 0 radical (unpaired) electrons. The lowest BCUT2D eigenvalue weighted by molar-refractivity contribution is -0.122. The third-order valence-corrected chi connectivity index (χ3v) is 6.89. The second-order valence-electron chi connectivity index (χ2n) is 9.63. The van der Waals surface area contributed by atoms with Gasteiger partial charge in [-0.15, -0.1) is 0 Å². The number of nitrogens with zero attached hydrogens (tertiary/aromatic N) is 5. The molecule has 2 aromatic carbocycles. The third-order valence-electron chi connectivity index (χ3n) is 6.89. The molecule has 9 nitrogen and oxygen atoms in total. The van der Waals surface area contributed by atoms with Crippen molar-refractivity contribution in [3.8, 4) is 11.4 Å². The van der Waals surface area contributed by atoms with E-state index in [0.717, 1.165) is 48.2 Å². The van der Waals surface area contributed by atoms with E-state index < -0.39 is 11.2 Å². The van der Waals surface area contributed by atoms with Crippen LogP contribution in [0.15, 0.2) is 70.4 Å². The van der Waals surface area contributed by atoms with E-state index in [4.69, 9.17) is 0 Å². The second-order valence-corrected chi connectivity index (χ2v) is 9.63. The summed E-state index contributed by atoms with van der Waals surface area (Å²) in [5, 5.41) is 3.20. The van der Waals surface area contributed by atoms with Crippen molar-refractivity contribution in [1.82, 2.24) is 29.3 Å². The first-order valence-electron chi connectivity index (χ1n) is 12.5. The molecule has 9 heteroatoms. The molecule has 0 spiro atoms. The average Bonchev–Trinajstić information content (AvgIpc) is 2.92. The maximum absolute atomic E-state index is 13.1. The quantitative estimate of drug-likeness (QED) is 0.438. The molecule has 190 valence electrons. The van der Waals surface area contributed by atoms with E-state index in [0.29, 0.717) is 5.82 Å². The maximum Gasteiger partial charge on any atom is 0.332 e. The molecular formula is C28H30N6O3. The Bertz CT molecular complexity index is 1530. The molecule has 0 aliphatic carbocycles. The third kappa shape index (κ3) is 5.36. The number of fused-ring (bicyclic) bond motifs is 1. The van der Waals surface area contributed by atoms with Crippen LogP contribution in [0.25, 0.3) is 22.4 Å². The van der Waals surface area contributed by atoms with E-state index in [2.05, 4.69) is 32.3 Å². The van der Waals surface area contributed by atoms with Gasteiger partial charge < -0.3 is 5.32 Å². The van der Waals surface area contributed by atoms with Crippen molar-refractivity contribution in [3.63, 3.8) is 0 Å². The fraction of sp³-hybridized carbons (Fsp3) is 0.321. The molecule has 3 heterocycles. The molecule has 1 aliphatic heterocycles. The molecule has 1 aliphatic rings. The van der Waals surface area contributed by atoms with Crippen LogP contribution in [0.2, 0.25) is 0 Å². The van der Waals surface area contributed by atoms with Crippen molar-refractivity contribution in [2.75, 3.05) is 13.1 Å². The summed E-state index contributed by atoms with van der Waals surface area (Å²) >= 11 is 0. The van der Waals surface area contributed by atoms with Gasteiger partial charge in [0.05, 0.1) is 0 Å². The van der Waals surface area contributed by atoms with Crippen LogP contribution < -0.4 is 16.6 Å². The van der Waals surface area contributed by atoms with E-state index in [-0.39, 0.29) is 29.5 Å².